The summed E-state index contributed by atoms with van der Waals surface area (Å²) >= 11 is 0. The van der Waals surface area contributed by atoms with Crippen molar-refractivity contribution in [2.75, 3.05) is 0 Å². The van der Waals surface area contributed by atoms with Crippen LogP contribution in [0.4, 0.5) is 4.79 Å². The molecule has 2 atom stereocenters. The lowest BCUT2D eigenvalue weighted by Gasteiger charge is -2.55. The summed E-state index contributed by atoms with van der Waals surface area (Å²) in [7, 11) is 0. The Morgan fingerprint density at radius 2 is 2.10 bits per heavy atom. The number of hydrogen-bond acceptors (Lipinski definition) is 2. The van der Waals surface area contributed by atoms with Gasteiger partial charge < -0.3 is 5.32 Å². The predicted octanol–water partition coefficient (Wildman–Crippen LogP) is 3.60. The van der Waals surface area contributed by atoms with E-state index in [0.29, 0.717) is 17.4 Å². The molecular weight excluding hydrogens is 262 g/mol. The molecule has 0 unspecified atom stereocenters. The molecule has 0 aromatic heterocycles. The normalized spacial score (nSPS) is 31.4. The molecule has 116 valence electrons. The van der Waals surface area contributed by atoms with Crippen LogP contribution in [0.1, 0.15) is 58.8 Å². The highest BCUT2D eigenvalue weighted by Gasteiger charge is 2.50. The molecule has 4 aliphatic carbocycles. The molecule has 21 heavy (non-hydrogen) atoms. The lowest BCUT2D eigenvalue weighted by atomic mass is 9.49. The van der Waals surface area contributed by atoms with Crippen LogP contribution in [-0.2, 0) is 0 Å². The van der Waals surface area contributed by atoms with E-state index in [-0.39, 0.29) is 6.03 Å². The summed E-state index contributed by atoms with van der Waals surface area (Å²) in [4.78, 5) is 11.8. The topological polar surface area (TPSA) is 53.5 Å². The zero-order valence-corrected chi connectivity index (χ0v) is 13.2. The van der Waals surface area contributed by atoms with E-state index in [1.54, 1.807) is 0 Å². The number of rotatable bonds is 3. The maximum Gasteiger partial charge on any atom is 0.335 e. The van der Waals surface area contributed by atoms with Crippen LogP contribution in [0.2, 0.25) is 0 Å². The monoisotopic (exact) mass is 289 g/mol. The fraction of sp³-hybridized carbons (Fsp3) is 0.765. The Balaban J connectivity index is 1.46. The van der Waals surface area contributed by atoms with Gasteiger partial charge in [0.1, 0.15) is 0 Å². The number of hydrazone groups is 1. The maximum absolute atomic E-state index is 11.8. The molecule has 2 bridgehead atoms. The molecule has 2 N–H and O–H groups in total. The fourth-order valence-corrected chi connectivity index (χ4v) is 4.17. The Labute approximate surface area is 127 Å². The van der Waals surface area contributed by atoms with Gasteiger partial charge in [0.25, 0.3) is 0 Å². The molecule has 0 aliphatic heterocycles. The van der Waals surface area contributed by atoms with Gasteiger partial charge in [-0.2, -0.15) is 5.10 Å². The van der Waals surface area contributed by atoms with E-state index in [1.165, 1.54) is 31.3 Å². The molecule has 2 fully saturated rings. The van der Waals surface area contributed by atoms with Crippen LogP contribution in [0.3, 0.4) is 0 Å². The Morgan fingerprint density at radius 3 is 2.76 bits per heavy atom. The Bertz CT molecular complexity index is 461. The SMILES string of the molecule is CC1(C)[C@H]2CC=C(C=NNC(=O)NC3CCCCC3)[C@H]1C2. The summed E-state index contributed by atoms with van der Waals surface area (Å²) in [6.07, 6.45) is 12.5. The first-order valence-electron chi connectivity index (χ1n) is 8.37. The van der Waals surface area contributed by atoms with Crippen LogP contribution in [0.5, 0.6) is 0 Å². The summed E-state index contributed by atoms with van der Waals surface area (Å²) in [5, 5.41) is 7.16. The largest absolute Gasteiger partial charge is 0.335 e. The summed E-state index contributed by atoms with van der Waals surface area (Å²) in [6, 6.07) is 0.162. The first kappa shape index (κ1) is 14.6. The summed E-state index contributed by atoms with van der Waals surface area (Å²) in [5.41, 5.74) is 4.32. The minimum Gasteiger partial charge on any atom is -0.334 e. The number of amides is 2. The van der Waals surface area contributed by atoms with Crippen molar-refractivity contribution in [1.82, 2.24) is 10.7 Å². The van der Waals surface area contributed by atoms with E-state index in [4.69, 9.17) is 0 Å². The van der Waals surface area contributed by atoms with Gasteiger partial charge in [0, 0.05) is 6.04 Å². The molecule has 0 aromatic carbocycles. The van der Waals surface area contributed by atoms with E-state index in [2.05, 4.69) is 35.8 Å². The van der Waals surface area contributed by atoms with Crippen molar-refractivity contribution in [2.24, 2.45) is 22.4 Å². The Morgan fingerprint density at radius 1 is 1.33 bits per heavy atom. The van der Waals surface area contributed by atoms with Crippen LogP contribution < -0.4 is 10.7 Å². The van der Waals surface area contributed by atoms with Crippen molar-refractivity contribution in [2.45, 2.75) is 64.8 Å². The summed E-state index contributed by atoms with van der Waals surface area (Å²) in [5.74, 6) is 1.45. The maximum atomic E-state index is 11.8. The summed E-state index contributed by atoms with van der Waals surface area (Å²) < 4.78 is 0. The van der Waals surface area contributed by atoms with Crippen LogP contribution in [0.15, 0.2) is 16.8 Å². The number of hydrogen-bond donors (Lipinski definition) is 2. The molecule has 2 saturated carbocycles. The highest BCUT2D eigenvalue weighted by molar-refractivity contribution is 5.82. The number of nitrogens with one attached hydrogen (secondary N) is 2. The molecule has 0 aromatic rings. The molecule has 4 aliphatic rings. The third-order valence-electron chi connectivity index (χ3n) is 5.83. The van der Waals surface area contributed by atoms with Gasteiger partial charge in [-0.05, 0) is 48.5 Å². The first-order valence-corrected chi connectivity index (χ1v) is 8.37. The standard InChI is InChI=1S/C17H27N3O/c1-17(2)13-9-8-12(15(17)10-13)11-18-20-16(21)19-14-6-4-3-5-7-14/h8,11,13-15H,3-7,9-10H2,1-2H3,(H2,19,20,21)/t13-,15+/m0/s1. The third kappa shape index (κ3) is 2.99. The molecule has 4 nitrogen and oxygen atoms in total. The van der Waals surface area contributed by atoms with Gasteiger partial charge in [-0.15, -0.1) is 0 Å². The number of fused-ring (bicyclic) bond motifs is 1. The van der Waals surface area contributed by atoms with Gasteiger partial charge in [-0.3, -0.25) is 0 Å². The van der Waals surface area contributed by atoms with Gasteiger partial charge in [0.15, 0.2) is 0 Å². The van der Waals surface area contributed by atoms with Crippen molar-refractivity contribution in [3.8, 4) is 0 Å². The van der Waals surface area contributed by atoms with Crippen LogP contribution in [0.25, 0.3) is 0 Å². The third-order valence-corrected chi connectivity index (χ3v) is 5.83. The van der Waals surface area contributed by atoms with Gasteiger partial charge in [-0.25, -0.2) is 10.2 Å². The second-order valence-electron chi connectivity index (χ2n) is 7.42. The van der Waals surface area contributed by atoms with E-state index in [1.807, 2.05) is 6.21 Å². The highest BCUT2D eigenvalue weighted by atomic mass is 16.2. The number of allylic oxidation sites excluding steroid dienone is 2. The minimum atomic E-state index is -0.166. The average molecular weight is 289 g/mol. The first-order chi connectivity index (χ1) is 10.1. The van der Waals surface area contributed by atoms with E-state index in [0.717, 1.165) is 25.2 Å². The fourth-order valence-electron chi connectivity index (χ4n) is 4.17. The zero-order chi connectivity index (χ0) is 14.9. The van der Waals surface area contributed by atoms with Crippen LogP contribution in [-0.4, -0.2) is 18.3 Å². The van der Waals surface area contributed by atoms with E-state index < -0.39 is 0 Å². The Hall–Kier alpha value is -1.32. The van der Waals surface area contributed by atoms with Crippen LogP contribution in [0, 0.1) is 17.3 Å². The van der Waals surface area contributed by atoms with E-state index in [9.17, 15) is 4.79 Å². The van der Waals surface area contributed by atoms with Gasteiger partial charge in [-0.1, -0.05) is 39.2 Å². The van der Waals surface area contributed by atoms with Gasteiger partial charge >= 0.3 is 6.03 Å². The van der Waals surface area contributed by atoms with Gasteiger partial charge in [0.2, 0.25) is 0 Å². The number of carbonyl (C=O) groups excluding carboxylic acids is 1. The molecule has 2 amide bonds. The molecular formula is C17H27N3O. The molecule has 0 heterocycles. The number of urea groups is 1. The average Bonchev–Trinajstić information content (AvgIpc) is 2.48. The molecule has 0 radical (unpaired) electrons. The van der Waals surface area contributed by atoms with Crippen molar-refractivity contribution in [3.05, 3.63) is 11.6 Å². The smallest absolute Gasteiger partial charge is 0.334 e. The number of nitrogens with zero attached hydrogens (tertiary/aromatic N) is 1. The summed E-state index contributed by atoms with van der Waals surface area (Å²) in [6.45, 7) is 4.69. The predicted molar refractivity (Wildman–Crippen MR) is 85.1 cm³/mol. The molecule has 0 saturated heterocycles. The zero-order valence-electron chi connectivity index (χ0n) is 13.2. The lowest BCUT2D eigenvalue weighted by Crippen LogP contribution is -2.48. The number of carbonyl (C=O) groups is 1. The van der Waals surface area contributed by atoms with Crippen molar-refractivity contribution in [3.63, 3.8) is 0 Å². The lowest BCUT2D eigenvalue weighted by molar-refractivity contribution is -0.00126. The van der Waals surface area contributed by atoms with Gasteiger partial charge in [0.05, 0.1) is 6.21 Å². The van der Waals surface area contributed by atoms with Crippen molar-refractivity contribution >= 4 is 12.2 Å². The van der Waals surface area contributed by atoms with E-state index >= 15 is 0 Å². The molecule has 0 spiro atoms. The highest BCUT2D eigenvalue weighted by Crippen LogP contribution is 2.58. The van der Waals surface area contributed by atoms with Crippen molar-refractivity contribution < 1.29 is 4.79 Å². The molecule has 4 rings (SSSR count). The van der Waals surface area contributed by atoms with Crippen molar-refractivity contribution in [1.29, 1.82) is 0 Å². The Kier molecular flexibility index (Phi) is 4.05. The molecule has 4 heteroatoms. The minimum absolute atomic E-state index is 0.166. The second kappa shape index (κ2) is 5.82. The van der Waals surface area contributed by atoms with Crippen LogP contribution >= 0.6 is 0 Å². The quantitative estimate of drug-likeness (QED) is 0.605. The second-order valence-corrected chi connectivity index (χ2v) is 7.42.